The summed E-state index contributed by atoms with van der Waals surface area (Å²) in [5.41, 5.74) is 6.39. The Morgan fingerprint density at radius 1 is 0.680 bits per heavy atom. The van der Waals surface area contributed by atoms with Crippen molar-refractivity contribution in [3.05, 3.63) is 102 Å². The van der Waals surface area contributed by atoms with Gasteiger partial charge in [-0.15, -0.1) is 0 Å². The molecule has 0 saturated heterocycles. The van der Waals surface area contributed by atoms with Crippen LogP contribution in [0.1, 0.15) is 16.7 Å². The molecule has 0 bridgehead atoms. The highest BCUT2D eigenvalue weighted by Crippen LogP contribution is 2.21. The molecule has 0 radical (unpaired) electrons. The van der Waals surface area contributed by atoms with Crippen LogP contribution in [0.15, 0.2) is 84.9 Å². The topological polar surface area (TPSA) is 12.9 Å². The first-order valence-corrected chi connectivity index (χ1v) is 8.33. The van der Waals surface area contributed by atoms with Gasteiger partial charge in [-0.25, -0.2) is 4.98 Å². The summed E-state index contributed by atoms with van der Waals surface area (Å²) in [4.78, 5) is 4.77. The minimum absolute atomic E-state index is 0.988. The Bertz CT molecular complexity index is 1080. The van der Waals surface area contributed by atoms with Crippen molar-refractivity contribution in [3.8, 4) is 23.1 Å². The number of aromatic nitrogens is 1. The first-order chi connectivity index (χ1) is 12.3. The van der Waals surface area contributed by atoms with Gasteiger partial charge in [0.05, 0.1) is 11.2 Å². The maximum atomic E-state index is 4.77. The molecule has 118 valence electrons. The number of nitrogens with zero attached hydrogens (tertiary/aromatic N) is 1. The Morgan fingerprint density at radius 3 is 2.20 bits per heavy atom. The lowest BCUT2D eigenvalue weighted by atomic mass is 10.1. The number of hydrogen-bond donors (Lipinski definition) is 0. The first kappa shape index (κ1) is 15.2. The predicted molar refractivity (Wildman–Crippen MR) is 104 cm³/mol. The molecule has 0 amide bonds. The van der Waals surface area contributed by atoms with E-state index in [9.17, 15) is 0 Å². The SMILES string of the molecule is Cc1ccc(C#Cc2ccc3nc(-c4ccccc4)ccc3c2)cc1. The van der Waals surface area contributed by atoms with E-state index < -0.39 is 0 Å². The molecular formula is C24H17N. The number of aryl methyl sites for hydroxylation is 1. The molecule has 0 aliphatic heterocycles. The quantitative estimate of drug-likeness (QED) is 0.416. The van der Waals surface area contributed by atoms with Gasteiger partial charge in [0, 0.05) is 22.1 Å². The average molecular weight is 319 g/mol. The second-order valence-corrected chi connectivity index (χ2v) is 6.09. The summed E-state index contributed by atoms with van der Waals surface area (Å²) < 4.78 is 0. The van der Waals surface area contributed by atoms with Crippen LogP contribution >= 0.6 is 0 Å². The average Bonchev–Trinajstić information content (AvgIpc) is 2.68. The lowest BCUT2D eigenvalue weighted by Gasteiger charge is -2.03. The standard InChI is InChI=1S/C24H17N/c1-18-7-9-19(10-8-18)11-12-20-13-15-24-22(17-20)14-16-23(25-24)21-5-3-2-4-6-21/h2-10,13-17H,1H3. The molecule has 0 atom stereocenters. The van der Waals surface area contributed by atoms with E-state index >= 15 is 0 Å². The zero-order valence-electron chi connectivity index (χ0n) is 14.0. The van der Waals surface area contributed by atoms with Crippen LogP contribution in [0, 0.1) is 18.8 Å². The Balaban J connectivity index is 1.66. The summed E-state index contributed by atoms with van der Waals surface area (Å²) in [6.45, 7) is 2.08. The van der Waals surface area contributed by atoms with Crippen LogP contribution in [0.4, 0.5) is 0 Å². The van der Waals surface area contributed by atoms with E-state index in [1.165, 1.54) is 5.56 Å². The Hall–Kier alpha value is -3.37. The highest BCUT2D eigenvalue weighted by molar-refractivity contribution is 5.83. The molecule has 0 unspecified atom stereocenters. The third-order valence-corrected chi connectivity index (χ3v) is 4.16. The van der Waals surface area contributed by atoms with Crippen molar-refractivity contribution in [1.29, 1.82) is 0 Å². The smallest absolute Gasteiger partial charge is 0.0710 e. The molecule has 25 heavy (non-hydrogen) atoms. The maximum absolute atomic E-state index is 4.77. The van der Waals surface area contributed by atoms with Crippen molar-refractivity contribution >= 4 is 10.9 Å². The maximum Gasteiger partial charge on any atom is 0.0710 e. The van der Waals surface area contributed by atoms with E-state index in [1.54, 1.807) is 0 Å². The molecule has 1 aromatic heterocycles. The van der Waals surface area contributed by atoms with Gasteiger partial charge in [0.2, 0.25) is 0 Å². The fourth-order valence-corrected chi connectivity index (χ4v) is 2.75. The molecule has 3 aromatic carbocycles. The summed E-state index contributed by atoms with van der Waals surface area (Å²) in [5.74, 6) is 6.46. The normalized spacial score (nSPS) is 10.3. The summed E-state index contributed by atoms with van der Waals surface area (Å²) in [7, 11) is 0. The van der Waals surface area contributed by atoms with E-state index in [-0.39, 0.29) is 0 Å². The third kappa shape index (κ3) is 3.44. The largest absolute Gasteiger partial charge is 0.248 e. The van der Waals surface area contributed by atoms with Crippen molar-refractivity contribution < 1.29 is 0 Å². The molecule has 0 aliphatic rings. The minimum Gasteiger partial charge on any atom is -0.248 e. The zero-order valence-corrected chi connectivity index (χ0v) is 14.0. The Kier molecular flexibility index (Phi) is 4.02. The van der Waals surface area contributed by atoms with Crippen LogP contribution in [-0.2, 0) is 0 Å². The van der Waals surface area contributed by atoms with Crippen LogP contribution in [0.3, 0.4) is 0 Å². The lowest BCUT2D eigenvalue weighted by Crippen LogP contribution is -1.86. The van der Waals surface area contributed by atoms with Gasteiger partial charge in [-0.2, -0.15) is 0 Å². The van der Waals surface area contributed by atoms with E-state index in [0.29, 0.717) is 0 Å². The molecule has 0 fully saturated rings. The molecule has 1 heteroatoms. The van der Waals surface area contributed by atoms with Gasteiger partial charge >= 0.3 is 0 Å². The van der Waals surface area contributed by atoms with Gasteiger partial charge in [0.1, 0.15) is 0 Å². The number of hydrogen-bond acceptors (Lipinski definition) is 1. The minimum atomic E-state index is 0.988. The molecular weight excluding hydrogens is 302 g/mol. The Labute approximate surface area is 148 Å². The second-order valence-electron chi connectivity index (χ2n) is 6.09. The highest BCUT2D eigenvalue weighted by atomic mass is 14.7. The van der Waals surface area contributed by atoms with Gasteiger partial charge in [-0.1, -0.05) is 65.9 Å². The van der Waals surface area contributed by atoms with Crippen LogP contribution in [0.2, 0.25) is 0 Å². The lowest BCUT2D eigenvalue weighted by molar-refractivity contribution is 1.40. The van der Waals surface area contributed by atoms with Crippen molar-refractivity contribution in [2.24, 2.45) is 0 Å². The summed E-state index contributed by atoms with van der Waals surface area (Å²) in [5, 5.41) is 1.11. The summed E-state index contributed by atoms with van der Waals surface area (Å²) >= 11 is 0. The Morgan fingerprint density at radius 2 is 1.40 bits per heavy atom. The summed E-state index contributed by atoms with van der Waals surface area (Å²) in [6, 6.07) is 28.9. The number of fused-ring (bicyclic) bond motifs is 1. The third-order valence-electron chi connectivity index (χ3n) is 4.16. The van der Waals surface area contributed by atoms with Crippen molar-refractivity contribution in [2.45, 2.75) is 6.92 Å². The van der Waals surface area contributed by atoms with Crippen LogP contribution in [-0.4, -0.2) is 4.98 Å². The molecule has 1 heterocycles. The van der Waals surface area contributed by atoms with E-state index in [0.717, 1.165) is 33.3 Å². The van der Waals surface area contributed by atoms with Crippen LogP contribution < -0.4 is 0 Å². The van der Waals surface area contributed by atoms with Crippen molar-refractivity contribution in [1.82, 2.24) is 4.98 Å². The van der Waals surface area contributed by atoms with Crippen molar-refractivity contribution in [3.63, 3.8) is 0 Å². The first-order valence-electron chi connectivity index (χ1n) is 8.33. The molecule has 1 nitrogen and oxygen atoms in total. The predicted octanol–water partition coefficient (Wildman–Crippen LogP) is 5.61. The molecule has 0 N–H and O–H groups in total. The van der Waals surface area contributed by atoms with Gasteiger partial charge in [0.15, 0.2) is 0 Å². The van der Waals surface area contributed by atoms with Gasteiger partial charge in [-0.05, 0) is 43.3 Å². The monoisotopic (exact) mass is 319 g/mol. The fraction of sp³-hybridized carbons (Fsp3) is 0.0417. The number of benzene rings is 3. The number of pyridine rings is 1. The van der Waals surface area contributed by atoms with Gasteiger partial charge in [-0.3, -0.25) is 0 Å². The van der Waals surface area contributed by atoms with Crippen molar-refractivity contribution in [2.75, 3.05) is 0 Å². The molecule has 4 rings (SSSR count). The fourth-order valence-electron chi connectivity index (χ4n) is 2.75. The summed E-state index contributed by atoms with van der Waals surface area (Å²) in [6.07, 6.45) is 0. The van der Waals surface area contributed by atoms with Crippen LogP contribution in [0.25, 0.3) is 22.2 Å². The zero-order chi connectivity index (χ0) is 17.1. The van der Waals surface area contributed by atoms with E-state index in [2.05, 4.69) is 73.4 Å². The highest BCUT2D eigenvalue weighted by Gasteiger charge is 2.01. The van der Waals surface area contributed by atoms with E-state index in [4.69, 9.17) is 4.98 Å². The second kappa shape index (κ2) is 6.63. The molecule has 0 spiro atoms. The molecule has 0 aliphatic carbocycles. The molecule has 4 aromatic rings. The van der Waals surface area contributed by atoms with Crippen LogP contribution in [0.5, 0.6) is 0 Å². The number of rotatable bonds is 1. The van der Waals surface area contributed by atoms with E-state index in [1.807, 2.05) is 30.3 Å². The van der Waals surface area contributed by atoms with Gasteiger partial charge < -0.3 is 0 Å². The van der Waals surface area contributed by atoms with Gasteiger partial charge in [0.25, 0.3) is 0 Å². The molecule has 0 saturated carbocycles.